The van der Waals surface area contributed by atoms with Crippen molar-refractivity contribution in [3.8, 4) is 0 Å². The van der Waals surface area contributed by atoms with E-state index in [9.17, 15) is 0 Å². The van der Waals surface area contributed by atoms with Crippen LogP contribution in [0.3, 0.4) is 0 Å². The number of rotatable bonds is 1. The Morgan fingerprint density at radius 2 is 2.38 bits per heavy atom. The molecule has 80 valence electrons. The Morgan fingerprint density at radius 1 is 1.44 bits per heavy atom. The van der Waals surface area contributed by atoms with E-state index in [2.05, 4.69) is 14.5 Å². The highest BCUT2D eigenvalue weighted by atomic mass is 32.1. The number of fused-ring (bicyclic) bond motifs is 1. The smallest absolute Gasteiger partial charge is 0.215 e. The molecule has 3 aromatic heterocycles. The fraction of sp³-hybridized carbons (Fsp3) is 0.100. The lowest BCUT2D eigenvalue weighted by Crippen LogP contribution is -2.04. The summed E-state index contributed by atoms with van der Waals surface area (Å²) >= 11 is 1.33. The predicted octanol–water partition coefficient (Wildman–Crippen LogP) is 1.92. The molecule has 0 unspecified atom stereocenters. The van der Waals surface area contributed by atoms with Crippen LogP contribution in [0.5, 0.6) is 0 Å². The molecule has 16 heavy (non-hydrogen) atoms. The van der Waals surface area contributed by atoms with Crippen LogP contribution in [-0.4, -0.2) is 13.9 Å². The predicted molar refractivity (Wildman–Crippen MR) is 59.5 cm³/mol. The van der Waals surface area contributed by atoms with E-state index in [0.29, 0.717) is 5.82 Å². The Kier molecular flexibility index (Phi) is 2.07. The zero-order chi connectivity index (χ0) is 11.0. The lowest BCUT2D eigenvalue weighted by Gasteiger charge is -1.88. The van der Waals surface area contributed by atoms with Gasteiger partial charge in [0.25, 0.3) is 0 Å². The van der Waals surface area contributed by atoms with Crippen molar-refractivity contribution in [1.82, 2.24) is 13.9 Å². The standard InChI is InChI=1S/C10H8N4OS/c1-7-6-8(12-15-7)11-10-14-5-3-2-4-9(14)13-16-10/h2-6H,1H3. The first-order valence-electron chi connectivity index (χ1n) is 4.74. The zero-order valence-corrected chi connectivity index (χ0v) is 9.31. The lowest BCUT2D eigenvalue weighted by molar-refractivity contribution is 0.399. The van der Waals surface area contributed by atoms with Gasteiger partial charge in [-0.25, -0.2) is 0 Å². The Hall–Kier alpha value is -1.95. The molecule has 3 aromatic rings. The largest absolute Gasteiger partial charge is 0.359 e. The third kappa shape index (κ3) is 1.53. The van der Waals surface area contributed by atoms with E-state index in [1.807, 2.05) is 35.7 Å². The van der Waals surface area contributed by atoms with E-state index < -0.39 is 0 Å². The summed E-state index contributed by atoms with van der Waals surface area (Å²) in [6, 6.07) is 7.60. The lowest BCUT2D eigenvalue weighted by atomic mass is 10.5. The van der Waals surface area contributed by atoms with Crippen LogP contribution in [0, 0.1) is 6.92 Å². The molecule has 0 bridgehead atoms. The highest BCUT2D eigenvalue weighted by Gasteiger charge is 2.00. The highest BCUT2D eigenvalue weighted by Crippen LogP contribution is 2.10. The van der Waals surface area contributed by atoms with E-state index in [-0.39, 0.29) is 0 Å². The minimum Gasteiger partial charge on any atom is -0.359 e. The van der Waals surface area contributed by atoms with Crippen LogP contribution in [0.15, 0.2) is 40.0 Å². The Bertz CT molecular complexity index is 694. The van der Waals surface area contributed by atoms with Gasteiger partial charge in [-0.15, -0.1) is 0 Å². The molecule has 0 saturated heterocycles. The third-order valence-electron chi connectivity index (χ3n) is 2.09. The summed E-state index contributed by atoms with van der Waals surface area (Å²) in [6.07, 6.45) is 1.92. The summed E-state index contributed by atoms with van der Waals surface area (Å²) in [4.78, 5) is 5.15. The third-order valence-corrected chi connectivity index (χ3v) is 2.82. The van der Waals surface area contributed by atoms with Crippen LogP contribution in [0.1, 0.15) is 5.76 Å². The van der Waals surface area contributed by atoms with E-state index in [4.69, 9.17) is 4.52 Å². The van der Waals surface area contributed by atoms with Crippen molar-refractivity contribution in [3.05, 3.63) is 41.0 Å². The van der Waals surface area contributed by atoms with E-state index in [1.54, 1.807) is 6.07 Å². The monoisotopic (exact) mass is 232 g/mol. The van der Waals surface area contributed by atoms with Gasteiger partial charge in [-0.3, -0.25) is 4.40 Å². The topological polar surface area (TPSA) is 55.7 Å². The fourth-order valence-electron chi connectivity index (χ4n) is 1.38. The van der Waals surface area contributed by atoms with Gasteiger partial charge in [-0.2, -0.15) is 9.37 Å². The van der Waals surface area contributed by atoms with Crippen LogP contribution in [0.2, 0.25) is 0 Å². The summed E-state index contributed by atoms with van der Waals surface area (Å²) < 4.78 is 11.1. The van der Waals surface area contributed by atoms with Crippen LogP contribution >= 0.6 is 11.5 Å². The first-order chi connectivity index (χ1) is 7.83. The molecule has 0 aliphatic heterocycles. The minimum absolute atomic E-state index is 0.569. The van der Waals surface area contributed by atoms with Crippen molar-refractivity contribution < 1.29 is 4.52 Å². The van der Waals surface area contributed by atoms with Crippen LogP contribution in [-0.2, 0) is 0 Å². The summed E-state index contributed by atoms with van der Waals surface area (Å²) in [7, 11) is 0. The second-order valence-electron chi connectivity index (χ2n) is 3.30. The van der Waals surface area contributed by atoms with Gasteiger partial charge in [-0.05, 0) is 19.1 Å². The van der Waals surface area contributed by atoms with Gasteiger partial charge in [0.05, 0.1) is 0 Å². The molecule has 6 heteroatoms. The van der Waals surface area contributed by atoms with E-state index in [1.165, 1.54) is 11.5 Å². The summed E-state index contributed by atoms with van der Waals surface area (Å²) in [5.74, 6) is 1.32. The number of pyridine rings is 1. The second-order valence-corrected chi connectivity index (χ2v) is 4.03. The quantitative estimate of drug-likeness (QED) is 0.644. The fourth-order valence-corrected chi connectivity index (χ4v) is 2.08. The van der Waals surface area contributed by atoms with Crippen molar-refractivity contribution in [2.75, 3.05) is 0 Å². The van der Waals surface area contributed by atoms with Gasteiger partial charge in [0, 0.05) is 23.8 Å². The molecule has 0 amide bonds. The van der Waals surface area contributed by atoms with Crippen molar-refractivity contribution in [1.29, 1.82) is 0 Å². The molecule has 0 aliphatic rings. The first-order valence-corrected chi connectivity index (χ1v) is 5.51. The van der Waals surface area contributed by atoms with E-state index in [0.717, 1.165) is 16.2 Å². The van der Waals surface area contributed by atoms with Gasteiger partial charge in [0.2, 0.25) is 4.80 Å². The molecule has 0 radical (unpaired) electrons. The first kappa shape index (κ1) is 9.29. The molecule has 0 atom stereocenters. The molecular formula is C10H8N4OS. The molecule has 0 saturated carbocycles. The van der Waals surface area contributed by atoms with Gasteiger partial charge < -0.3 is 4.52 Å². The molecule has 0 N–H and O–H groups in total. The summed E-state index contributed by atoms with van der Waals surface area (Å²) in [6.45, 7) is 1.84. The van der Waals surface area contributed by atoms with Crippen molar-refractivity contribution in [2.24, 2.45) is 4.99 Å². The maximum absolute atomic E-state index is 4.96. The highest BCUT2D eigenvalue weighted by molar-refractivity contribution is 7.03. The summed E-state index contributed by atoms with van der Waals surface area (Å²) in [5.41, 5.74) is 0.881. The molecule has 0 aromatic carbocycles. The maximum Gasteiger partial charge on any atom is 0.215 e. The van der Waals surface area contributed by atoms with Crippen molar-refractivity contribution >= 4 is 23.0 Å². The normalized spacial score (nSPS) is 12.4. The zero-order valence-electron chi connectivity index (χ0n) is 8.49. The number of hydrogen-bond donors (Lipinski definition) is 0. The molecular weight excluding hydrogens is 224 g/mol. The number of nitrogens with zero attached hydrogens (tertiary/aromatic N) is 4. The maximum atomic E-state index is 4.96. The van der Waals surface area contributed by atoms with Gasteiger partial charge in [0.15, 0.2) is 11.5 Å². The van der Waals surface area contributed by atoms with Gasteiger partial charge in [0.1, 0.15) is 5.76 Å². The van der Waals surface area contributed by atoms with Crippen molar-refractivity contribution in [3.63, 3.8) is 0 Å². The second kappa shape index (κ2) is 3.57. The molecule has 0 spiro atoms. The summed E-state index contributed by atoms with van der Waals surface area (Å²) in [5, 5.41) is 3.82. The van der Waals surface area contributed by atoms with Crippen LogP contribution < -0.4 is 4.80 Å². The van der Waals surface area contributed by atoms with Crippen LogP contribution in [0.4, 0.5) is 5.82 Å². The van der Waals surface area contributed by atoms with E-state index >= 15 is 0 Å². The average molecular weight is 232 g/mol. The molecule has 3 rings (SSSR count). The van der Waals surface area contributed by atoms with Crippen molar-refractivity contribution in [2.45, 2.75) is 6.92 Å². The SMILES string of the molecule is Cc1cc(N=c2snc3ccccn23)no1. The van der Waals surface area contributed by atoms with Crippen LogP contribution in [0.25, 0.3) is 5.65 Å². The van der Waals surface area contributed by atoms with Gasteiger partial charge >= 0.3 is 0 Å². The Labute approximate surface area is 94.8 Å². The number of aromatic nitrogens is 3. The number of hydrogen-bond acceptors (Lipinski definition) is 5. The number of aryl methyl sites for hydroxylation is 1. The molecule has 5 nitrogen and oxygen atoms in total. The molecule has 0 fully saturated rings. The molecule has 0 aliphatic carbocycles. The van der Waals surface area contributed by atoms with Gasteiger partial charge in [-0.1, -0.05) is 11.2 Å². The Morgan fingerprint density at radius 3 is 3.19 bits per heavy atom. The molecule has 3 heterocycles. The minimum atomic E-state index is 0.569. The Balaban J connectivity index is 2.22. The average Bonchev–Trinajstić information content (AvgIpc) is 2.87.